The molecule has 164 valence electrons. The van der Waals surface area contributed by atoms with Crippen LogP contribution in [0.15, 0.2) is 4.99 Å². The van der Waals surface area contributed by atoms with E-state index < -0.39 is 0 Å². The Labute approximate surface area is 192 Å². The number of halogens is 1. The van der Waals surface area contributed by atoms with Crippen LogP contribution < -0.4 is 16.0 Å². The number of hydrogen-bond acceptors (Lipinski definition) is 4. The molecule has 8 heteroatoms. The third-order valence-corrected chi connectivity index (χ3v) is 6.93. The highest BCUT2D eigenvalue weighted by molar-refractivity contribution is 14.0. The van der Waals surface area contributed by atoms with Gasteiger partial charge in [0.2, 0.25) is 5.91 Å². The van der Waals surface area contributed by atoms with E-state index in [1.165, 1.54) is 0 Å². The van der Waals surface area contributed by atoms with Gasteiger partial charge in [0.15, 0.2) is 5.96 Å². The first-order valence-corrected chi connectivity index (χ1v) is 11.5. The summed E-state index contributed by atoms with van der Waals surface area (Å²) in [6, 6.07) is 0.504. The summed E-state index contributed by atoms with van der Waals surface area (Å²) in [6.45, 7) is 8.84. The van der Waals surface area contributed by atoms with Gasteiger partial charge in [-0.25, -0.2) is 0 Å². The molecule has 28 heavy (non-hydrogen) atoms. The SMILES string of the molecule is CCSC1(CNC(=NC)NC2CCCC(C(=O)NC(C)C)C2)CCOCC1.I. The van der Waals surface area contributed by atoms with Gasteiger partial charge in [0, 0.05) is 49.6 Å². The molecule has 0 aromatic carbocycles. The van der Waals surface area contributed by atoms with E-state index in [2.05, 4.69) is 27.9 Å². The van der Waals surface area contributed by atoms with Crippen molar-refractivity contribution >= 4 is 47.6 Å². The zero-order valence-corrected chi connectivity index (χ0v) is 21.0. The predicted molar refractivity (Wildman–Crippen MR) is 130 cm³/mol. The van der Waals surface area contributed by atoms with E-state index in [0.717, 1.165) is 70.0 Å². The Morgan fingerprint density at radius 3 is 2.61 bits per heavy atom. The van der Waals surface area contributed by atoms with Crippen molar-refractivity contribution in [3.8, 4) is 0 Å². The molecule has 1 aliphatic heterocycles. The summed E-state index contributed by atoms with van der Waals surface area (Å²) in [6.07, 6.45) is 6.19. The smallest absolute Gasteiger partial charge is 0.223 e. The highest BCUT2D eigenvalue weighted by Crippen LogP contribution is 2.34. The van der Waals surface area contributed by atoms with Crippen LogP contribution in [0.3, 0.4) is 0 Å². The van der Waals surface area contributed by atoms with Crippen LogP contribution in [-0.4, -0.2) is 61.3 Å². The molecule has 0 aromatic heterocycles. The molecule has 2 fully saturated rings. The van der Waals surface area contributed by atoms with Gasteiger partial charge in [0.25, 0.3) is 0 Å². The van der Waals surface area contributed by atoms with Gasteiger partial charge in [0.05, 0.1) is 0 Å². The third-order valence-electron chi connectivity index (χ3n) is 5.47. The number of ether oxygens (including phenoxy) is 1. The van der Waals surface area contributed by atoms with Crippen molar-refractivity contribution in [2.75, 3.05) is 32.6 Å². The molecule has 1 heterocycles. The lowest BCUT2D eigenvalue weighted by Crippen LogP contribution is -2.51. The summed E-state index contributed by atoms with van der Waals surface area (Å²) >= 11 is 2.03. The second-order valence-corrected chi connectivity index (χ2v) is 9.75. The minimum atomic E-state index is 0. The van der Waals surface area contributed by atoms with E-state index in [4.69, 9.17) is 4.74 Å². The average molecular weight is 527 g/mol. The lowest BCUT2D eigenvalue weighted by Gasteiger charge is -2.37. The number of thioether (sulfide) groups is 1. The largest absolute Gasteiger partial charge is 0.381 e. The number of carbonyl (C=O) groups is 1. The van der Waals surface area contributed by atoms with Gasteiger partial charge in [-0.1, -0.05) is 13.3 Å². The molecule has 0 spiro atoms. The van der Waals surface area contributed by atoms with Crippen LogP contribution in [0.2, 0.25) is 0 Å². The first-order valence-electron chi connectivity index (χ1n) is 10.5. The first-order chi connectivity index (χ1) is 13.0. The lowest BCUT2D eigenvalue weighted by atomic mass is 9.85. The fraction of sp³-hybridized carbons (Fsp3) is 0.900. The Morgan fingerprint density at radius 1 is 1.29 bits per heavy atom. The minimum absolute atomic E-state index is 0. The number of nitrogens with zero attached hydrogens (tertiary/aromatic N) is 1. The van der Waals surface area contributed by atoms with Crippen molar-refractivity contribution in [2.24, 2.45) is 10.9 Å². The van der Waals surface area contributed by atoms with Crippen molar-refractivity contribution in [1.82, 2.24) is 16.0 Å². The van der Waals surface area contributed by atoms with Crippen molar-refractivity contribution in [3.63, 3.8) is 0 Å². The fourth-order valence-corrected chi connectivity index (χ4v) is 5.26. The zero-order chi connectivity index (χ0) is 19.7. The number of hydrogen-bond donors (Lipinski definition) is 3. The Hall–Kier alpha value is -0.220. The van der Waals surface area contributed by atoms with Crippen LogP contribution in [0.5, 0.6) is 0 Å². The van der Waals surface area contributed by atoms with Crippen molar-refractivity contribution < 1.29 is 9.53 Å². The summed E-state index contributed by atoms with van der Waals surface area (Å²) < 4.78 is 5.80. The average Bonchev–Trinajstić information content (AvgIpc) is 2.66. The summed E-state index contributed by atoms with van der Waals surface area (Å²) in [4.78, 5) is 16.8. The van der Waals surface area contributed by atoms with Crippen LogP contribution in [-0.2, 0) is 9.53 Å². The van der Waals surface area contributed by atoms with E-state index in [1.54, 1.807) is 0 Å². The standard InChI is InChI=1S/C20H38N4O2S.HI/c1-5-27-20(9-11-26-12-10-20)14-22-19(21-4)24-17-8-6-7-16(13-17)18(25)23-15(2)3;/h15-17H,5-14H2,1-4H3,(H,23,25)(H2,21,22,24);1H. The number of guanidine groups is 1. The van der Waals surface area contributed by atoms with E-state index in [-0.39, 0.29) is 46.6 Å². The van der Waals surface area contributed by atoms with Crippen LogP contribution in [0, 0.1) is 5.92 Å². The number of amides is 1. The van der Waals surface area contributed by atoms with Crippen LogP contribution >= 0.6 is 35.7 Å². The number of carbonyl (C=O) groups excluding carboxylic acids is 1. The molecule has 2 rings (SSSR count). The molecular formula is C20H39IN4O2S. The first kappa shape index (κ1) is 25.8. The van der Waals surface area contributed by atoms with E-state index in [9.17, 15) is 4.79 Å². The highest BCUT2D eigenvalue weighted by atomic mass is 127. The topological polar surface area (TPSA) is 74.8 Å². The van der Waals surface area contributed by atoms with Gasteiger partial charge >= 0.3 is 0 Å². The molecule has 0 radical (unpaired) electrons. The van der Waals surface area contributed by atoms with Crippen LogP contribution in [0.1, 0.15) is 59.3 Å². The Balaban J connectivity index is 0.00000392. The molecule has 0 aromatic rings. The van der Waals surface area contributed by atoms with E-state index >= 15 is 0 Å². The molecule has 2 aliphatic rings. The Kier molecular flexibility index (Phi) is 12.1. The van der Waals surface area contributed by atoms with Crippen LogP contribution in [0.25, 0.3) is 0 Å². The Bertz CT molecular complexity index is 493. The maximum Gasteiger partial charge on any atom is 0.223 e. The number of rotatable bonds is 7. The number of nitrogens with one attached hydrogen (secondary N) is 3. The zero-order valence-electron chi connectivity index (χ0n) is 17.9. The van der Waals surface area contributed by atoms with Gasteiger partial charge in [-0.3, -0.25) is 9.79 Å². The highest BCUT2D eigenvalue weighted by Gasteiger charge is 2.33. The normalized spacial score (nSPS) is 25.0. The monoisotopic (exact) mass is 526 g/mol. The van der Waals surface area contributed by atoms with Crippen molar-refractivity contribution in [3.05, 3.63) is 0 Å². The Morgan fingerprint density at radius 2 is 2.00 bits per heavy atom. The molecule has 1 saturated heterocycles. The molecule has 2 atom stereocenters. The molecular weight excluding hydrogens is 487 g/mol. The van der Waals surface area contributed by atoms with Gasteiger partial charge < -0.3 is 20.7 Å². The van der Waals surface area contributed by atoms with Gasteiger partial charge in [-0.2, -0.15) is 11.8 Å². The maximum atomic E-state index is 12.4. The third kappa shape index (κ3) is 8.26. The minimum Gasteiger partial charge on any atom is -0.381 e. The summed E-state index contributed by atoms with van der Waals surface area (Å²) in [5, 5.41) is 10.2. The second-order valence-electron chi connectivity index (χ2n) is 8.02. The molecule has 3 N–H and O–H groups in total. The molecule has 6 nitrogen and oxygen atoms in total. The maximum absolute atomic E-state index is 12.4. The van der Waals surface area contributed by atoms with Crippen molar-refractivity contribution in [1.29, 1.82) is 0 Å². The summed E-state index contributed by atoms with van der Waals surface area (Å²) in [5.74, 6) is 2.27. The molecule has 0 bridgehead atoms. The van der Waals surface area contributed by atoms with Crippen LogP contribution in [0.4, 0.5) is 0 Å². The van der Waals surface area contributed by atoms with Gasteiger partial charge in [0.1, 0.15) is 0 Å². The molecule has 1 saturated carbocycles. The molecule has 1 aliphatic carbocycles. The summed E-state index contributed by atoms with van der Waals surface area (Å²) in [5.41, 5.74) is 0. The van der Waals surface area contributed by atoms with Gasteiger partial charge in [-0.15, -0.1) is 24.0 Å². The van der Waals surface area contributed by atoms with E-state index in [0.29, 0.717) is 6.04 Å². The number of aliphatic imine (C=N–C) groups is 1. The quantitative estimate of drug-likeness (QED) is 0.270. The fourth-order valence-electron chi connectivity index (χ4n) is 4.02. The second kappa shape index (κ2) is 13.2. The summed E-state index contributed by atoms with van der Waals surface area (Å²) in [7, 11) is 1.82. The van der Waals surface area contributed by atoms with Gasteiger partial charge in [-0.05, 0) is 51.7 Å². The predicted octanol–water partition coefficient (Wildman–Crippen LogP) is 3.16. The molecule has 2 unspecified atom stereocenters. The molecule has 1 amide bonds. The van der Waals surface area contributed by atoms with Crippen molar-refractivity contribution in [2.45, 2.75) is 76.1 Å². The lowest BCUT2D eigenvalue weighted by molar-refractivity contribution is -0.126. The van der Waals surface area contributed by atoms with E-state index in [1.807, 2.05) is 32.7 Å².